The number of nitrogens with one attached hydrogen (secondary N) is 1. The quantitative estimate of drug-likeness (QED) is 0.796. The first-order valence-electron chi connectivity index (χ1n) is 6.31. The van der Waals surface area contributed by atoms with Crippen LogP contribution in [0.5, 0.6) is 5.75 Å². The third-order valence-corrected chi connectivity index (χ3v) is 3.11. The Hall–Kier alpha value is -2.69. The van der Waals surface area contributed by atoms with Gasteiger partial charge in [-0.25, -0.2) is 0 Å². The number of rotatable bonds is 3. The maximum Gasteiger partial charge on any atom is 0.387 e. The molecule has 3 aromatic rings. The van der Waals surface area contributed by atoms with Gasteiger partial charge in [0.1, 0.15) is 5.75 Å². The molecule has 5 heteroatoms. The van der Waals surface area contributed by atoms with E-state index in [1.165, 1.54) is 18.2 Å². The molecule has 2 aromatic carbocycles. The maximum atomic E-state index is 12.2. The van der Waals surface area contributed by atoms with E-state index in [0.717, 1.165) is 5.56 Å². The fourth-order valence-electron chi connectivity index (χ4n) is 2.18. The second kappa shape index (κ2) is 5.36. The average Bonchev–Trinajstić information content (AvgIpc) is 2.48. The van der Waals surface area contributed by atoms with Crippen molar-refractivity contribution in [2.75, 3.05) is 0 Å². The minimum Gasteiger partial charge on any atom is -0.435 e. The normalized spacial score (nSPS) is 11.0. The molecule has 0 bridgehead atoms. The van der Waals surface area contributed by atoms with Gasteiger partial charge in [-0.15, -0.1) is 0 Å². The third kappa shape index (κ3) is 2.76. The molecule has 0 radical (unpaired) electrons. The van der Waals surface area contributed by atoms with Crippen LogP contribution in [-0.2, 0) is 0 Å². The van der Waals surface area contributed by atoms with Gasteiger partial charge in [0.15, 0.2) is 5.43 Å². The van der Waals surface area contributed by atoms with Gasteiger partial charge in [0.2, 0.25) is 0 Å². The molecular weight excluding hydrogens is 276 g/mol. The van der Waals surface area contributed by atoms with Crippen LogP contribution in [0.1, 0.15) is 0 Å². The SMILES string of the molecule is O=c1cc(-c2ccccc2)[nH]c2ccc(OC(F)F)cc12. The van der Waals surface area contributed by atoms with E-state index in [0.29, 0.717) is 16.6 Å². The first kappa shape index (κ1) is 13.3. The number of halogens is 2. The number of hydrogen-bond donors (Lipinski definition) is 1. The lowest BCUT2D eigenvalue weighted by Gasteiger charge is -2.07. The van der Waals surface area contributed by atoms with E-state index in [-0.39, 0.29) is 11.2 Å². The fourth-order valence-corrected chi connectivity index (χ4v) is 2.18. The van der Waals surface area contributed by atoms with Crippen LogP contribution in [0.2, 0.25) is 0 Å². The molecule has 0 fully saturated rings. The van der Waals surface area contributed by atoms with Gasteiger partial charge in [0.05, 0.1) is 0 Å². The van der Waals surface area contributed by atoms with Gasteiger partial charge in [-0.3, -0.25) is 4.79 Å². The van der Waals surface area contributed by atoms with Crippen LogP contribution in [0, 0.1) is 0 Å². The zero-order valence-corrected chi connectivity index (χ0v) is 10.8. The molecule has 0 amide bonds. The largest absolute Gasteiger partial charge is 0.435 e. The molecule has 1 heterocycles. The van der Waals surface area contributed by atoms with Crippen molar-refractivity contribution in [3.05, 3.63) is 64.8 Å². The van der Waals surface area contributed by atoms with E-state index in [1.54, 1.807) is 6.07 Å². The highest BCUT2D eigenvalue weighted by molar-refractivity contribution is 5.82. The predicted octanol–water partition coefficient (Wildman–Crippen LogP) is 3.80. The first-order chi connectivity index (χ1) is 10.1. The fraction of sp³-hybridized carbons (Fsp3) is 0.0625. The molecular formula is C16H11F2NO2. The summed E-state index contributed by atoms with van der Waals surface area (Å²) in [5.41, 5.74) is 1.88. The number of aromatic amines is 1. The van der Waals surface area contributed by atoms with E-state index in [2.05, 4.69) is 9.72 Å². The Kier molecular flexibility index (Phi) is 3.39. The summed E-state index contributed by atoms with van der Waals surface area (Å²) in [6.07, 6.45) is 0. The zero-order chi connectivity index (χ0) is 14.8. The molecule has 0 unspecified atom stereocenters. The summed E-state index contributed by atoms with van der Waals surface area (Å²) in [6.45, 7) is -2.91. The molecule has 0 aliphatic rings. The molecule has 106 valence electrons. The first-order valence-corrected chi connectivity index (χ1v) is 6.31. The van der Waals surface area contributed by atoms with Crippen LogP contribution in [0.25, 0.3) is 22.2 Å². The summed E-state index contributed by atoms with van der Waals surface area (Å²) in [7, 11) is 0. The molecule has 21 heavy (non-hydrogen) atoms. The highest BCUT2D eigenvalue weighted by Gasteiger charge is 2.08. The number of ether oxygens (including phenoxy) is 1. The van der Waals surface area contributed by atoms with Gasteiger partial charge >= 0.3 is 6.61 Å². The summed E-state index contributed by atoms with van der Waals surface area (Å²) < 4.78 is 28.7. The number of benzene rings is 2. The second-order valence-corrected chi connectivity index (χ2v) is 4.50. The van der Waals surface area contributed by atoms with Crippen LogP contribution in [0.15, 0.2) is 59.4 Å². The molecule has 1 N–H and O–H groups in total. The second-order valence-electron chi connectivity index (χ2n) is 4.50. The van der Waals surface area contributed by atoms with Crippen LogP contribution < -0.4 is 10.2 Å². The lowest BCUT2D eigenvalue weighted by atomic mass is 10.1. The summed E-state index contributed by atoms with van der Waals surface area (Å²) in [5.74, 6) is -0.0320. The molecule has 3 nitrogen and oxygen atoms in total. The topological polar surface area (TPSA) is 42.1 Å². The number of hydrogen-bond acceptors (Lipinski definition) is 2. The van der Waals surface area contributed by atoms with Crippen molar-refractivity contribution in [1.29, 1.82) is 0 Å². The number of pyridine rings is 1. The summed E-state index contributed by atoms with van der Waals surface area (Å²) in [5, 5.41) is 0.313. The lowest BCUT2D eigenvalue weighted by Crippen LogP contribution is -2.05. The number of fused-ring (bicyclic) bond motifs is 1. The standard InChI is InChI=1S/C16H11F2NO2/c17-16(18)21-11-6-7-13-12(8-11)15(20)9-14(19-13)10-4-2-1-3-5-10/h1-9,16H,(H,19,20). The van der Waals surface area contributed by atoms with Crippen LogP contribution >= 0.6 is 0 Å². The Morgan fingerprint density at radius 2 is 1.76 bits per heavy atom. The van der Waals surface area contributed by atoms with E-state index >= 15 is 0 Å². The lowest BCUT2D eigenvalue weighted by molar-refractivity contribution is -0.0497. The van der Waals surface area contributed by atoms with Gasteiger partial charge in [0.25, 0.3) is 0 Å². The summed E-state index contributed by atoms with van der Waals surface area (Å²) in [4.78, 5) is 15.3. The van der Waals surface area contributed by atoms with Crippen LogP contribution in [-0.4, -0.2) is 11.6 Å². The Balaban J connectivity index is 2.11. The Morgan fingerprint density at radius 3 is 2.48 bits per heavy atom. The van der Waals surface area contributed by atoms with Crippen molar-refractivity contribution in [3.63, 3.8) is 0 Å². The van der Waals surface area contributed by atoms with Gasteiger partial charge in [-0.2, -0.15) is 8.78 Å². The van der Waals surface area contributed by atoms with Crippen LogP contribution in [0.4, 0.5) is 8.78 Å². The Labute approximate surface area is 118 Å². The molecule has 1 aromatic heterocycles. The smallest absolute Gasteiger partial charge is 0.387 e. The highest BCUT2D eigenvalue weighted by atomic mass is 19.3. The molecule has 0 saturated heterocycles. The van der Waals surface area contributed by atoms with Gasteiger partial charge < -0.3 is 9.72 Å². The van der Waals surface area contributed by atoms with Crippen molar-refractivity contribution in [1.82, 2.24) is 4.98 Å². The van der Waals surface area contributed by atoms with Gasteiger partial charge in [0, 0.05) is 22.7 Å². The average molecular weight is 287 g/mol. The Bertz CT molecular complexity index is 829. The minimum absolute atomic E-state index is 0.0320. The van der Waals surface area contributed by atoms with Crippen molar-refractivity contribution >= 4 is 10.9 Å². The maximum absolute atomic E-state index is 12.2. The van der Waals surface area contributed by atoms with Gasteiger partial charge in [-0.05, 0) is 23.8 Å². The van der Waals surface area contributed by atoms with Crippen molar-refractivity contribution in [2.45, 2.75) is 6.61 Å². The van der Waals surface area contributed by atoms with E-state index in [9.17, 15) is 13.6 Å². The molecule has 0 aliphatic heterocycles. The molecule has 0 aliphatic carbocycles. The minimum atomic E-state index is -2.91. The molecule has 0 spiro atoms. The summed E-state index contributed by atoms with van der Waals surface area (Å²) >= 11 is 0. The van der Waals surface area contributed by atoms with Crippen molar-refractivity contribution in [3.8, 4) is 17.0 Å². The highest BCUT2D eigenvalue weighted by Crippen LogP contribution is 2.22. The third-order valence-electron chi connectivity index (χ3n) is 3.11. The molecule has 0 saturated carbocycles. The Morgan fingerprint density at radius 1 is 1.00 bits per heavy atom. The van der Waals surface area contributed by atoms with E-state index in [1.807, 2.05) is 30.3 Å². The number of alkyl halides is 2. The van der Waals surface area contributed by atoms with Crippen molar-refractivity contribution < 1.29 is 13.5 Å². The predicted molar refractivity (Wildman–Crippen MR) is 76.6 cm³/mol. The number of H-pyrrole nitrogens is 1. The van der Waals surface area contributed by atoms with E-state index in [4.69, 9.17) is 0 Å². The monoisotopic (exact) mass is 287 g/mol. The summed E-state index contributed by atoms with van der Waals surface area (Å²) in [6, 6.07) is 15.1. The molecule has 3 rings (SSSR count). The van der Waals surface area contributed by atoms with E-state index < -0.39 is 6.61 Å². The zero-order valence-electron chi connectivity index (χ0n) is 10.8. The molecule has 0 atom stereocenters. The van der Waals surface area contributed by atoms with Crippen molar-refractivity contribution in [2.24, 2.45) is 0 Å². The van der Waals surface area contributed by atoms with Crippen LogP contribution in [0.3, 0.4) is 0 Å². The number of aromatic nitrogens is 1. The van der Waals surface area contributed by atoms with Gasteiger partial charge in [-0.1, -0.05) is 30.3 Å².